The van der Waals surface area contributed by atoms with Crippen molar-refractivity contribution < 1.29 is 14.3 Å². The largest absolute Gasteiger partial charge is 0.444 e. The predicted octanol–water partition coefficient (Wildman–Crippen LogP) is 2.98. The van der Waals surface area contributed by atoms with E-state index < -0.39 is 5.60 Å². The van der Waals surface area contributed by atoms with Gasteiger partial charge in [-0.2, -0.15) is 0 Å². The fourth-order valence-corrected chi connectivity index (χ4v) is 2.57. The van der Waals surface area contributed by atoms with E-state index >= 15 is 0 Å². The summed E-state index contributed by atoms with van der Waals surface area (Å²) in [6, 6.07) is 3.78. The summed E-state index contributed by atoms with van der Waals surface area (Å²) in [5.74, 6) is 0.810. The molecule has 0 saturated heterocycles. The third-order valence-electron chi connectivity index (χ3n) is 4.10. The zero-order valence-corrected chi connectivity index (χ0v) is 15.6. The number of carbonyl (C=O) groups excluding carboxylic acids is 2. The number of carbonyl (C=O) groups is 2. The zero-order chi connectivity index (χ0) is 18.4. The molecule has 0 aromatic carbocycles. The number of amides is 2. The molecule has 6 nitrogen and oxygen atoms in total. The second-order valence-corrected chi connectivity index (χ2v) is 7.73. The van der Waals surface area contributed by atoms with E-state index in [1.165, 1.54) is 0 Å². The molecule has 1 fully saturated rings. The molecular formula is C19H29N3O3. The van der Waals surface area contributed by atoms with Crippen molar-refractivity contribution >= 4 is 12.0 Å². The van der Waals surface area contributed by atoms with Crippen molar-refractivity contribution in [3.05, 3.63) is 30.1 Å². The first-order valence-corrected chi connectivity index (χ1v) is 8.91. The lowest BCUT2D eigenvalue weighted by Crippen LogP contribution is -2.38. The summed E-state index contributed by atoms with van der Waals surface area (Å²) < 4.78 is 5.49. The molecule has 1 heterocycles. The number of nitrogens with one attached hydrogen (secondary N) is 1. The Morgan fingerprint density at radius 3 is 2.68 bits per heavy atom. The van der Waals surface area contributed by atoms with Crippen molar-refractivity contribution in [3.63, 3.8) is 0 Å². The van der Waals surface area contributed by atoms with Crippen LogP contribution in [0.25, 0.3) is 0 Å². The third kappa shape index (κ3) is 6.72. The molecular weight excluding hydrogens is 318 g/mol. The number of aromatic nitrogens is 1. The first-order chi connectivity index (χ1) is 11.8. The predicted molar refractivity (Wildman–Crippen MR) is 95.8 cm³/mol. The molecule has 0 radical (unpaired) electrons. The van der Waals surface area contributed by atoms with Crippen LogP contribution >= 0.6 is 0 Å². The lowest BCUT2D eigenvalue weighted by atomic mass is 10.2. The Morgan fingerprint density at radius 1 is 1.40 bits per heavy atom. The molecule has 6 heteroatoms. The van der Waals surface area contributed by atoms with Gasteiger partial charge in [0.1, 0.15) is 5.60 Å². The van der Waals surface area contributed by atoms with Crippen LogP contribution in [-0.2, 0) is 16.1 Å². The molecule has 138 valence electrons. The van der Waals surface area contributed by atoms with Gasteiger partial charge in [-0.25, -0.2) is 4.79 Å². The fourth-order valence-electron chi connectivity index (χ4n) is 2.57. The quantitative estimate of drug-likeness (QED) is 0.770. The smallest absolute Gasteiger partial charge is 0.410 e. The molecule has 1 aliphatic carbocycles. The number of hydrogen-bond acceptors (Lipinski definition) is 4. The molecule has 1 N–H and O–H groups in total. The molecule has 0 spiro atoms. The van der Waals surface area contributed by atoms with E-state index in [2.05, 4.69) is 17.2 Å². The van der Waals surface area contributed by atoms with Crippen molar-refractivity contribution in [2.45, 2.75) is 52.7 Å². The molecule has 0 aliphatic heterocycles. The van der Waals surface area contributed by atoms with Crippen LogP contribution in [0.2, 0.25) is 0 Å². The molecule has 1 aromatic heterocycles. The zero-order valence-electron chi connectivity index (χ0n) is 15.6. The number of ether oxygens (including phenoxy) is 1. The molecule has 1 aliphatic rings. The minimum absolute atomic E-state index is 0.128. The van der Waals surface area contributed by atoms with Gasteiger partial charge in [0, 0.05) is 31.4 Å². The van der Waals surface area contributed by atoms with Crippen LogP contribution in [0.15, 0.2) is 24.5 Å². The first-order valence-electron chi connectivity index (χ1n) is 8.91. The summed E-state index contributed by atoms with van der Waals surface area (Å²) in [6.07, 6.45) is 4.77. The van der Waals surface area contributed by atoms with E-state index in [0.717, 1.165) is 12.0 Å². The minimum Gasteiger partial charge on any atom is -0.444 e. The number of pyridine rings is 1. The van der Waals surface area contributed by atoms with Gasteiger partial charge in [-0.3, -0.25) is 9.78 Å². The summed E-state index contributed by atoms with van der Waals surface area (Å²) in [5, 5.41) is 2.95. The second kappa shape index (κ2) is 8.32. The highest BCUT2D eigenvalue weighted by Gasteiger charge is 2.38. The molecule has 2 atom stereocenters. The van der Waals surface area contributed by atoms with Gasteiger partial charge in [0.25, 0.3) is 0 Å². The van der Waals surface area contributed by atoms with Crippen LogP contribution in [0, 0.1) is 11.8 Å². The first kappa shape index (κ1) is 19.2. The maximum Gasteiger partial charge on any atom is 0.410 e. The molecule has 0 unspecified atom stereocenters. The second-order valence-electron chi connectivity index (χ2n) is 7.73. The van der Waals surface area contributed by atoms with E-state index in [4.69, 9.17) is 4.74 Å². The average Bonchev–Trinajstić information content (AvgIpc) is 3.26. The highest BCUT2D eigenvalue weighted by molar-refractivity contribution is 5.81. The number of rotatable bonds is 7. The number of hydrogen-bond donors (Lipinski definition) is 1. The van der Waals surface area contributed by atoms with Crippen LogP contribution < -0.4 is 5.32 Å². The van der Waals surface area contributed by atoms with Gasteiger partial charge in [-0.05, 0) is 51.2 Å². The summed E-state index contributed by atoms with van der Waals surface area (Å²) in [7, 11) is 0. The van der Waals surface area contributed by atoms with E-state index in [0.29, 0.717) is 32.0 Å². The van der Waals surface area contributed by atoms with E-state index in [1.807, 2.05) is 32.9 Å². The van der Waals surface area contributed by atoms with Gasteiger partial charge < -0.3 is 15.0 Å². The van der Waals surface area contributed by atoms with Gasteiger partial charge in [0.05, 0.1) is 6.54 Å². The SMILES string of the molecule is C[C@@H]1C[C@H]1C(=O)NCCCN(Cc1cccnc1)C(=O)OC(C)(C)C. The van der Waals surface area contributed by atoms with Gasteiger partial charge in [-0.15, -0.1) is 0 Å². The summed E-state index contributed by atoms with van der Waals surface area (Å²) >= 11 is 0. The van der Waals surface area contributed by atoms with Crippen LogP contribution in [0.3, 0.4) is 0 Å². The fraction of sp³-hybridized carbons (Fsp3) is 0.632. The molecule has 1 aromatic rings. The Kier molecular flexibility index (Phi) is 6.39. The Balaban J connectivity index is 1.85. The normalized spacial score (nSPS) is 19.2. The van der Waals surface area contributed by atoms with Crippen molar-refractivity contribution in [2.24, 2.45) is 11.8 Å². The lowest BCUT2D eigenvalue weighted by molar-refractivity contribution is -0.122. The van der Waals surface area contributed by atoms with Crippen molar-refractivity contribution in [3.8, 4) is 0 Å². The average molecular weight is 347 g/mol. The number of nitrogens with zero attached hydrogens (tertiary/aromatic N) is 2. The van der Waals surface area contributed by atoms with Gasteiger partial charge >= 0.3 is 6.09 Å². The van der Waals surface area contributed by atoms with E-state index in [9.17, 15) is 9.59 Å². The standard InChI is InChI=1S/C19H29N3O3/c1-14-11-16(14)17(23)21-9-6-10-22(18(24)25-19(2,3)4)13-15-7-5-8-20-12-15/h5,7-8,12,14,16H,6,9-11,13H2,1-4H3,(H,21,23)/t14-,16-/m1/s1. The van der Waals surface area contributed by atoms with Crippen LogP contribution in [0.1, 0.15) is 46.1 Å². The monoisotopic (exact) mass is 347 g/mol. The Bertz CT molecular complexity index is 583. The van der Waals surface area contributed by atoms with Crippen molar-refractivity contribution in [2.75, 3.05) is 13.1 Å². The highest BCUT2D eigenvalue weighted by atomic mass is 16.6. The van der Waals surface area contributed by atoms with Crippen LogP contribution in [0.4, 0.5) is 4.79 Å². The molecule has 1 saturated carbocycles. The van der Waals surface area contributed by atoms with E-state index in [-0.39, 0.29) is 17.9 Å². The van der Waals surface area contributed by atoms with Gasteiger partial charge in [-0.1, -0.05) is 13.0 Å². The third-order valence-corrected chi connectivity index (χ3v) is 4.10. The maximum absolute atomic E-state index is 12.4. The van der Waals surface area contributed by atoms with Gasteiger partial charge in [0.2, 0.25) is 5.91 Å². The Morgan fingerprint density at radius 2 is 2.12 bits per heavy atom. The van der Waals surface area contributed by atoms with Crippen LogP contribution in [-0.4, -0.2) is 40.6 Å². The lowest BCUT2D eigenvalue weighted by Gasteiger charge is -2.27. The van der Waals surface area contributed by atoms with E-state index in [1.54, 1.807) is 17.3 Å². The minimum atomic E-state index is -0.541. The van der Waals surface area contributed by atoms with Crippen molar-refractivity contribution in [1.82, 2.24) is 15.2 Å². The maximum atomic E-state index is 12.4. The topological polar surface area (TPSA) is 71.5 Å². The summed E-state index contributed by atoms with van der Waals surface area (Å²) in [6.45, 7) is 9.16. The van der Waals surface area contributed by atoms with Crippen LogP contribution in [0.5, 0.6) is 0 Å². The summed E-state index contributed by atoms with van der Waals surface area (Å²) in [4.78, 5) is 30.0. The Hall–Kier alpha value is -2.11. The molecule has 0 bridgehead atoms. The van der Waals surface area contributed by atoms with Crippen molar-refractivity contribution in [1.29, 1.82) is 0 Å². The highest BCUT2D eigenvalue weighted by Crippen LogP contribution is 2.37. The summed E-state index contributed by atoms with van der Waals surface area (Å²) in [5.41, 5.74) is 0.407. The Labute approximate surface area is 150 Å². The molecule has 25 heavy (non-hydrogen) atoms. The molecule has 2 amide bonds. The molecule has 2 rings (SSSR count). The van der Waals surface area contributed by atoms with Gasteiger partial charge in [0.15, 0.2) is 0 Å².